The van der Waals surface area contributed by atoms with E-state index in [0.717, 1.165) is 16.5 Å². The van der Waals surface area contributed by atoms with Crippen molar-refractivity contribution >= 4 is 27.9 Å². The minimum atomic E-state index is -0.953. The summed E-state index contributed by atoms with van der Waals surface area (Å²) in [5, 5.41) is 11.7. The van der Waals surface area contributed by atoms with Crippen molar-refractivity contribution in [2.45, 2.75) is 19.9 Å². The Morgan fingerprint density at radius 3 is 2.57 bits per heavy atom. The second kappa shape index (κ2) is 6.76. The van der Waals surface area contributed by atoms with Crippen molar-refractivity contribution in [3.8, 4) is 0 Å². The van der Waals surface area contributed by atoms with Crippen molar-refractivity contribution in [1.29, 1.82) is 0 Å². The van der Waals surface area contributed by atoms with Gasteiger partial charge in [-0.2, -0.15) is 0 Å². The second-order valence-electron chi connectivity index (χ2n) is 5.02. The molecule has 112 valence electrons. The lowest BCUT2D eigenvalue weighted by Gasteiger charge is -2.28. The first-order valence-electron chi connectivity index (χ1n) is 6.66. The van der Waals surface area contributed by atoms with Gasteiger partial charge in [0.25, 0.3) is 0 Å². The largest absolute Gasteiger partial charge is 0.478 e. The third-order valence-corrected chi connectivity index (χ3v) is 4.41. The van der Waals surface area contributed by atoms with E-state index in [2.05, 4.69) is 28.2 Å². The van der Waals surface area contributed by atoms with Crippen LogP contribution in [-0.2, 0) is 6.54 Å². The van der Waals surface area contributed by atoms with Gasteiger partial charge in [-0.15, -0.1) is 0 Å². The molecule has 6 heteroatoms. The predicted molar refractivity (Wildman–Crippen MR) is 83.5 cm³/mol. The van der Waals surface area contributed by atoms with E-state index < -0.39 is 5.97 Å². The van der Waals surface area contributed by atoms with Gasteiger partial charge in [-0.25, -0.2) is 9.59 Å². The summed E-state index contributed by atoms with van der Waals surface area (Å²) in [5.41, 5.74) is 2.39. The van der Waals surface area contributed by atoms with Gasteiger partial charge >= 0.3 is 12.0 Å². The van der Waals surface area contributed by atoms with Gasteiger partial charge in [0.1, 0.15) is 0 Å². The SMILES string of the molecule is CC1=C(Br)CN(C(=O)NCc2ccc(C(=O)O)cc2)CC1. The lowest BCUT2D eigenvalue weighted by Crippen LogP contribution is -2.42. The first-order chi connectivity index (χ1) is 9.97. The molecule has 0 saturated heterocycles. The zero-order valence-electron chi connectivity index (χ0n) is 11.7. The number of amides is 2. The zero-order valence-corrected chi connectivity index (χ0v) is 13.3. The normalized spacial score (nSPS) is 15.0. The molecule has 0 radical (unpaired) electrons. The Morgan fingerprint density at radius 1 is 1.33 bits per heavy atom. The van der Waals surface area contributed by atoms with Crippen molar-refractivity contribution in [3.63, 3.8) is 0 Å². The van der Waals surface area contributed by atoms with Crippen LogP contribution in [0.1, 0.15) is 29.3 Å². The van der Waals surface area contributed by atoms with Crippen molar-refractivity contribution in [1.82, 2.24) is 10.2 Å². The standard InChI is InChI=1S/C15H17BrN2O3/c1-10-6-7-18(9-13(10)16)15(21)17-8-11-2-4-12(5-3-11)14(19)20/h2-5H,6-9H2,1H3,(H,17,21)(H,19,20). The van der Waals surface area contributed by atoms with Gasteiger partial charge in [0.2, 0.25) is 0 Å². The Labute approximate surface area is 131 Å². The summed E-state index contributed by atoms with van der Waals surface area (Å²) in [6.07, 6.45) is 0.876. The van der Waals surface area contributed by atoms with Gasteiger partial charge in [-0.05, 0) is 31.0 Å². The van der Waals surface area contributed by atoms with Crippen LogP contribution in [-0.4, -0.2) is 35.1 Å². The van der Waals surface area contributed by atoms with Gasteiger partial charge in [-0.1, -0.05) is 33.6 Å². The summed E-state index contributed by atoms with van der Waals surface area (Å²) in [6.45, 7) is 3.75. The molecule has 2 rings (SSSR count). The fourth-order valence-corrected chi connectivity index (χ4v) is 2.55. The van der Waals surface area contributed by atoms with Crippen LogP contribution in [0.3, 0.4) is 0 Å². The molecular formula is C15H17BrN2O3. The number of carboxylic acids is 1. The molecule has 0 atom stereocenters. The highest BCUT2D eigenvalue weighted by atomic mass is 79.9. The Balaban J connectivity index is 1.88. The Hall–Kier alpha value is -1.82. The van der Waals surface area contributed by atoms with Crippen LogP contribution in [0, 0.1) is 0 Å². The minimum Gasteiger partial charge on any atom is -0.478 e. The molecule has 2 N–H and O–H groups in total. The molecule has 2 amide bonds. The maximum Gasteiger partial charge on any atom is 0.335 e. The third kappa shape index (κ3) is 4.07. The average Bonchev–Trinajstić information content (AvgIpc) is 2.48. The van der Waals surface area contributed by atoms with Crippen molar-refractivity contribution < 1.29 is 14.7 Å². The van der Waals surface area contributed by atoms with Gasteiger partial charge in [0.15, 0.2) is 0 Å². The first-order valence-corrected chi connectivity index (χ1v) is 7.46. The van der Waals surface area contributed by atoms with E-state index in [0.29, 0.717) is 19.6 Å². The van der Waals surface area contributed by atoms with Crippen LogP contribution in [0.2, 0.25) is 0 Å². The molecular weight excluding hydrogens is 336 g/mol. The highest BCUT2D eigenvalue weighted by Gasteiger charge is 2.19. The van der Waals surface area contributed by atoms with Crippen LogP contribution in [0.5, 0.6) is 0 Å². The lowest BCUT2D eigenvalue weighted by atomic mass is 10.1. The quantitative estimate of drug-likeness (QED) is 0.878. The molecule has 0 fully saturated rings. The molecule has 0 unspecified atom stereocenters. The number of urea groups is 1. The number of benzene rings is 1. The van der Waals surface area contributed by atoms with E-state index in [-0.39, 0.29) is 11.6 Å². The second-order valence-corrected chi connectivity index (χ2v) is 5.97. The summed E-state index contributed by atoms with van der Waals surface area (Å²) in [7, 11) is 0. The third-order valence-electron chi connectivity index (χ3n) is 3.48. The van der Waals surface area contributed by atoms with E-state index in [4.69, 9.17) is 5.11 Å². The Bertz CT molecular complexity index is 581. The van der Waals surface area contributed by atoms with Crippen molar-refractivity contribution in [2.24, 2.45) is 0 Å². The van der Waals surface area contributed by atoms with Crippen molar-refractivity contribution in [2.75, 3.05) is 13.1 Å². The zero-order chi connectivity index (χ0) is 15.4. The highest BCUT2D eigenvalue weighted by molar-refractivity contribution is 9.11. The maximum absolute atomic E-state index is 12.1. The molecule has 21 heavy (non-hydrogen) atoms. The number of carboxylic acid groups (broad SMARTS) is 1. The molecule has 0 aliphatic carbocycles. The number of nitrogens with zero attached hydrogens (tertiary/aromatic N) is 1. The van der Waals surface area contributed by atoms with Gasteiger partial charge in [0.05, 0.1) is 12.1 Å². The molecule has 1 aliphatic rings. The van der Waals surface area contributed by atoms with Gasteiger partial charge in [-0.3, -0.25) is 0 Å². The number of hydrogen-bond acceptors (Lipinski definition) is 2. The number of hydrogen-bond donors (Lipinski definition) is 2. The van der Waals surface area contributed by atoms with Crippen LogP contribution in [0.25, 0.3) is 0 Å². The van der Waals surface area contributed by atoms with Crippen LogP contribution in [0.4, 0.5) is 4.79 Å². The topological polar surface area (TPSA) is 69.6 Å². The number of nitrogens with one attached hydrogen (secondary N) is 1. The van der Waals surface area contributed by atoms with Crippen LogP contribution in [0.15, 0.2) is 34.3 Å². The molecule has 0 saturated carbocycles. The van der Waals surface area contributed by atoms with Crippen LogP contribution < -0.4 is 5.32 Å². The molecule has 0 bridgehead atoms. The number of halogens is 1. The highest BCUT2D eigenvalue weighted by Crippen LogP contribution is 2.21. The molecule has 5 nitrogen and oxygen atoms in total. The maximum atomic E-state index is 12.1. The molecule has 1 aromatic rings. The minimum absolute atomic E-state index is 0.109. The molecule has 1 aliphatic heterocycles. The number of rotatable bonds is 3. The molecule has 0 aromatic heterocycles. The summed E-state index contributed by atoms with van der Waals surface area (Å²) in [4.78, 5) is 24.6. The van der Waals surface area contributed by atoms with E-state index >= 15 is 0 Å². The Morgan fingerprint density at radius 2 is 2.00 bits per heavy atom. The number of carbonyl (C=O) groups excluding carboxylic acids is 1. The monoisotopic (exact) mass is 352 g/mol. The van der Waals surface area contributed by atoms with Gasteiger partial charge < -0.3 is 15.3 Å². The van der Waals surface area contributed by atoms with E-state index in [1.54, 1.807) is 17.0 Å². The lowest BCUT2D eigenvalue weighted by molar-refractivity contribution is 0.0697. The van der Waals surface area contributed by atoms with Crippen LogP contribution >= 0.6 is 15.9 Å². The summed E-state index contributed by atoms with van der Waals surface area (Å²) in [6, 6.07) is 6.38. The summed E-state index contributed by atoms with van der Waals surface area (Å²) >= 11 is 3.48. The predicted octanol–water partition coefficient (Wildman–Crippen LogP) is 2.97. The summed E-state index contributed by atoms with van der Waals surface area (Å²) in [5.74, 6) is -0.953. The van der Waals surface area contributed by atoms with Gasteiger partial charge in [0, 0.05) is 17.6 Å². The van der Waals surface area contributed by atoms with E-state index in [1.807, 2.05) is 0 Å². The molecule has 1 aromatic carbocycles. The number of carbonyl (C=O) groups is 2. The molecule has 1 heterocycles. The van der Waals surface area contributed by atoms with E-state index in [1.165, 1.54) is 17.7 Å². The fraction of sp³-hybridized carbons (Fsp3) is 0.333. The molecule has 0 spiro atoms. The Kier molecular flexibility index (Phi) is 5.01. The first kappa shape index (κ1) is 15.6. The fourth-order valence-electron chi connectivity index (χ4n) is 2.05. The smallest absolute Gasteiger partial charge is 0.335 e. The summed E-state index contributed by atoms with van der Waals surface area (Å²) < 4.78 is 1.06. The van der Waals surface area contributed by atoms with Crippen molar-refractivity contribution in [3.05, 3.63) is 45.4 Å². The average molecular weight is 353 g/mol. The van der Waals surface area contributed by atoms with E-state index in [9.17, 15) is 9.59 Å². The number of aromatic carboxylic acids is 1.